The Balaban J connectivity index is 1.79. The van der Waals surface area contributed by atoms with Gasteiger partial charge < -0.3 is 9.84 Å². The molecule has 1 amide bonds. The molecule has 0 aliphatic carbocycles. The summed E-state index contributed by atoms with van der Waals surface area (Å²) in [6.07, 6.45) is -0.675. The smallest absolute Gasteiger partial charge is 0.329 e. The number of aromatic nitrogens is 1. The molecule has 2 aromatic carbocycles. The van der Waals surface area contributed by atoms with Crippen LogP contribution in [0, 0.1) is 0 Å². The van der Waals surface area contributed by atoms with Crippen LogP contribution in [0.15, 0.2) is 60.0 Å². The highest BCUT2D eigenvalue weighted by atomic mass is 35.5. The van der Waals surface area contributed by atoms with Gasteiger partial charge in [-0.2, -0.15) is 0 Å². The fourth-order valence-corrected chi connectivity index (χ4v) is 3.77. The summed E-state index contributed by atoms with van der Waals surface area (Å²) in [5.41, 5.74) is 2.32. The summed E-state index contributed by atoms with van der Waals surface area (Å²) < 4.78 is 5.39. The largest absolute Gasteiger partial charge is 0.480 e. The van der Waals surface area contributed by atoms with E-state index in [1.807, 2.05) is 53.9 Å². The van der Waals surface area contributed by atoms with Gasteiger partial charge in [0.15, 0.2) is 5.13 Å². The molecule has 0 unspecified atom stereocenters. The number of benzene rings is 2. The predicted molar refractivity (Wildman–Crippen MR) is 113 cm³/mol. The van der Waals surface area contributed by atoms with E-state index < -0.39 is 18.7 Å². The molecule has 1 N–H and O–H groups in total. The van der Waals surface area contributed by atoms with Crippen molar-refractivity contribution in [2.24, 2.45) is 0 Å². The van der Waals surface area contributed by atoms with Crippen molar-refractivity contribution in [3.8, 4) is 11.3 Å². The topological polar surface area (TPSA) is 79.7 Å². The molecule has 0 spiro atoms. The molecule has 3 aromatic rings. The SMILES string of the molecule is CN(C(=O)[C@H](Cc1ccccc1)OCC(=O)O)c1nc(-c2ccccc2Cl)cs1. The van der Waals surface area contributed by atoms with Gasteiger partial charge in [-0.05, 0) is 11.6 Å². The fraction of sp³-hybridized carbons (Fsp3) is 0.190. The Hall–Kier alpha value is -2.74. The number of likely N-dealkylation sites (N-methyl/N-ethyl adjacent to an activating group) is 1. The third kappa shape index (κ3) is 5.41. The Morgan fingerprint density at radius 1 is 1.17 bits per heavy atom. The maximum Gasteiger partial charge on any atom is 0.329 e. The van der Waals surface area contributed by atoms with Crippen LogP contribution >= 0.6 is 22.9 Å². The fourth-order valence-electron chi connectivity index (χ4n) is 2.74. The average Bonchev–Trinajstić information content (AvgIpc) is 3.21. The number of ether oxygens (including phenoxy) is 1. The number of thiazole rings is 1. The molecule has 0 aliphatic rings. The zero-order chi connectivity index (χ0) is 20.8. The average molecular weight is 431 g/mol. The first-order chi connectivity index (χ1) is 14.0. The van der Waals surface area contributed by atoms with Gasteiger partial charge in [-0.1, -0.05) is 60.1 Å². The number of hydrogen-bond acceptors (Lipinski definition) is 5. The minimum absolute atomic E-state index is 0.264. The van der Waals surface area contributed by atoms with Crippen LogP contribution in [0.3, 0.4) is 0 Å². The van der Waals surface area contributed by atoms with Crippen LogP contribution in [-0.2, 0) is 20.7 Å². The van der Waals surface area contributed by atoms with E-state index in [0.29, 0.717) is 15.8 Å². The van der Waals surface area contributed by atoms with E-state index in [1.165, 1.54) is 16.2 Å². The number of nitrogens with zero attached hydrogens (tertiary/aromatic N) is 2. The summed E-state index contributed by atoms with van der Waals surface area (Å²) in [4.78, 5) is 29.9. The van der Waals surface area contributed by atoms with Crippen molar-refractivity contribution in [3.05, 3.63) is 70.6 Å². The van der Waals surface area contributed by atoms with E-state index in [9.17, 15) is 9.59 Å². The molecular weight excluding hydrogens is 412 g/mol. The van der Waals surface area contributed by atoms with Crippen molar-refractivity contribution in [1.29, 1.82) is 0 Å². The van der Waals surface area contributed by atoms with Gasteiger partial charge >= 0.3 is 5.97 Å². The number of amides is 1. The molecule has 1 heterocycles. The quantitative estimate of drug-likeness (QED) is 0.581. The number of halogens is 1. The number of aliphatic carboxylic acids is 1. The number of carbonyl (C=O) groups is 2. The second-order valence-electron chi connectivity index (χ2n) is 6.28. The lowest BCUT2D eigenvalue weighted by molar-refractivity contribution is -0.147. The van der Waals surface area contributed by atoms with E-state index in [2.05, 4.69) is 4.98 Å². The third-order valence-electron chi connectivity index (χ3n) is 4.21. The van der Waals surface area contributed by atoms with Crippen LogP contribution in [0.4, 0.5) is 5.13 Å². The molecule has 0 aliphatic heterocycles. The van der Waals surface area contributed by atoms with Crippen molar-refractivity contribution >= 4 is 39.9 Å². The predicted octanol–water partition coefficient (Wildman–Crippen LogP) is 4.14. The van der Waals surface area contributed by atoms with E-state index in [0.717, 1.165) is 11.1 Å². The number of hydrogen-bond donors (Lipinski definition) is 1. The number of anilines is 1. The summed E-state index contributed by atoms with van der Waals surface area (Å²) in [6.45, 7) is -0.556. The molecule has 0 fully saturated rings. The standard InChI is InChI=1S/C21H19ClN2O4S/c1-24(21-23-17(13-29-21)15-9-5-6-10-16(15)22)20(27)18(28-12-19(25)26)11-14-7-3-2-4-8-14/h2-10,13,18H,11-12H2,1H3,(H,25,26)/t18-/m0/s1. The Morgan fingerprint density at radius 2 is 1.86 bits per heavy atom. The third-order valence-corrected chi connectivity index (χ3v) is 5.45. The molecule has 29 heavy (non-hydrogen) atoms. The van der Waals surface area contributed by atoms with E-state index in [-0.39, 0.29) is 12.3 Å². The Morgan fingerprint density at radius 3 is 2.55 bits per heavy atom. The monoisotopic (exact) mass is 430 g/mol. The summed E-state index contributed by atoms with van der Waals surface area (Å²) in [7, 11) is 1.60. The van der Waals surface area contributed by atoms with Crippen molar-refractivity contribution in [2.45, 2.75) is 12.5 Å². The number of carbonyl (C=O) groups excluding carboxylic acids is 1. The lowest BCUT2D eigenvalue weighted by atomic mass is 10.1. The van der Waals surface area contributed by atoms with Crippen LogP contribution < -0.4 is 4.90 Å². The maximum absolute atomic E-state index is 13.0. The summed E-state index contributed by atoms with van der Waals surface area (Å²) in [5, 5.41) is 11.8. The van der Waals surface area contributed by atoms with Crippen LogP contribution in [0.1, 0.15) is 5.56 Å². The molecule has 0 bridgehead atoms. The van der Waals surface area contributed by atoms with Gasteiger partial charge in [0.25, 0.3) is 5.91 Å². The summed E-state index contributed by atoms with van der Waals surface area (Å²) >= 11 is 7.53. The number of carboxylic acid groups (broad SMARTS) is 1. The molecule has 6 nitrogen and oxygen atoms in total. The molecule has 0 saturated heterocycles. The summed E-state index contributed by atoms with van der Waals surface area (Å²) in [5.74, 6) is -1.50. The van der Waals surface area contributed by atoms with Crippen LogP contribution in [0.2, 0.25) is 5.02 Å². The lowest BCUT2D eigenvalue weighted by Gasteiger charge is -2.22. The minimum atomic E-state index is -1.13. The Bertz CT molecular complexity index is 993. The van der Waals surface area contributed by atoms with Gasteiger partial charge in [-0.3, -0.25) is 9.69 Å². The minimum Gasteiger partial charge on any atom is -0.480 e. The molecule has 0 radical (unpaired) electrons. The molecular formula is C21H19ClN2O4S. The van der Waals surface area contributed by atoms with Gasteiger partial charge in [0.1, 0.15) is 12.7 Å². The van der Waals surface area contributed by atoms with Crippen molar-refractivity contribution in [3.63, 3.8) is 0 Å². The van der Waals surface area contributed by atoms with E-state index in [1.54, 1.807) is 13.1 Å². The Labute approximate surface area is 177 Å². The number of carboxylic acids is 1. The van der Waals surface area contributed by atoms with E-state index >= 15 is 0 Å². The molecule has 1 atom stereocenters. The highest BCUT2D eigenvalue weighted by Crippen LogP contribution is 2.31. The molecule has 0 saturated carbocycles. The van der Waals surface area contributed by atoms with Gasteiger partial charge in [0.2, 0.25) is 0 Å². The molecule has 8 heteroatoms. The Kier molecular flexibility index (Phi) is 6.98. The normalized spacial score (nSPS) is 11.8. The molecule has 150 valence electrons. The molecule has 1 aromatic heterocycles. The first-order valence-corrected chi connectivity index (χ1v) is 10.1. The van der Waals surface area contributed by atoms with Gasteiger partial charge in [-0.15, -0.1) is 11.3 Å². The second kappa shape index (κ2) is 9.65. The second-order valence-corrected chi connectivity index (χ2v) is 7.52. The van der Waals surface area contributed by atoms with Crippen LogP contribution in [0.25, 0.3) is 11.3 Å². The lowest BCUT2D eigenvalue weighted by Crippen LogP contribution is -2.40. The maximum atomic E-state index is 13.0. The zero-order valence-electron chi connectivity index (χ0n) is 15.6. The number of rotatable bonds is 8. The van der Waals surface area contributed by atoms with Gasteiger partial charge in [0, 0.05) is 29.4 Å². The molecule has 3 rings (SSSR count). The van der Waals surface area contributed by atoms with Crippen LogP contribution in [0.5, 0.6) is 0 Å². The zero-order valence-corrected chi connectivity index (χ0v) is 17.2. The van der Waals surface area contributed by atoms with E-state index in [4.69, 9.17) is 21.4 Å². The highest BCUT2D eigenvalue weighted by molar-refractivity contribution is 7.14. The van der Waals surface area contributed by atoms with Crippen molar-refractivity contribution < 1.29 is 19.4 Å². The first-order valence-electron chi connectivity index (χ1n) is 8.81. The van der Waals surface area contributed by atoms with Crippen molar-refractivity contribution in [2.75, 3.05) is 18.6 Å². The van der Waals surface area contributed by atoms with Gasteiger partial charge in [0.05, 0.1) is 5.69 Å². The first kappa shape index (κ1) is 21.0. The van der Waals surface area contributed by atoms with Crippen molar-refractivity contribution in [1.82, 2.24) is 4.98 Å². The summed E-state index contributed by atoms with van der Waals surface area (Å²) in [6, 6.07) is 16.6. The highest BCUT2D eigenvalue weighted by Gasteiger charge is 2.27. The van der Waals surface area contributed by atoms with Crippen LogP contribution in [-0.4, -0.2) is 41.7 Å². The van der Waals surface area contributed by atoms with Gasteiger partial charge in [-0.25, -0.2) is 9.78 Å².